The summed E-state index contributed by atoms with van der Waals surface area (Å²) in [6, 6.07) is 5.59. The molecule has 1 amide bonds. The highest BCUT2D eigenvalue weighted by molar-refractivity contribution is 5.92. The molecule has 2 rings (SSSR count). The SMILES string of the molecule is CC(C)(C)NC[C@H](O)COc1cccc2[nH]cc(CC(N)=O)c12. The maximum atomic E-state index is 11.2. The molecule has 0 aliphatic heterocycles. The van der Waals surface area contributed by atoms with Crippen LogP contribution in [0.2, 0.25) is 0 Å². The van der Waals surface area contributed by atoms with E-state index in [0.29, 0.717) is 12.3 Å². The monoisotopic (exact) mass is 319 g/mol. The molecule has 0 saturated carbocycles. The van der Waals surface area contributed by atoms with Gasteiger partial charge in [-0.15, -0.1) is 0 Å². The summed E-state index contributed by atoms with van der Waals surface area (Å²) in [5.41, 5.74) is 6.90. The highest BCUT2D eigenvalue weighted by Crippen LogP contribution is 2.29. The van der Waals surface area contributed by atoms with Crippen LogP contribution in [0.25, 0.3) is 10.9 Å². The molecule has 0 spiro atoms. The topological polar surface area (TPSA) is 100 Å². The minimum atomic E-state index is -0.622. The Morgan fingerprint density at radius 3 is 2.83 bits per heavy atom. The van der Waals surface area contributed by atoms with Crippen molar-refractivity contribution in [2.24, 2.45) is 5.73 Å². The summed E-state index contributed by atoms with van der Waals surface area (Å²) in [6.07, 6.45) is 1.29. The number of hydrogen-bond donors (Lipinski definition) is 4. The van der Waals surface area contributed by atoms with E-state index in [-0.39, 0.29) is 18.6 Å². The van der Waals surface area contributed by atoms with E-state index in [0.717, 1.165) is 16.5 Å². The van der Waals surface area contributed by atoms with Crippen molar-refractivity contribution in [1.29, 1.82) is 0 Å². The molecule has 0 aliphatic rings. The Labute approximate surface area is 136 Å². The third-order valence-electron chi connectivity index (χ3n) is 3.41. The molecule has 1 aromatic heterocycles. The Hall–Kier alpha value is -2.05. The molecular formula is C17H25N3O3. The zero-order chi connectivity index (χ0) is 17.0. The lowest BCUT2D eigenvalue weighted by molar-refractivity contribution is -0.117. The second-order valence-electron chi connectivity index (χ2n) is 6.73. The van der Waals surface area contributed by atoms with Crippen LogP contribution >= 0.6 is 0 Å². The van der Waals surface area contributed by atoms with Crippen molar-refractivity contribution >= 4 is 16.8 Å². The number of carbonyl (C=O) groups excluding carboxylic acids is 1. The number of ether oxygens (including phenoxy) is 1. The average Bonchev–Trinajstić information content (AvgIpc) is 2.85. The first-order chi connectivity index (χ1) is 10.8. The maximum absolute atomic E-state index is 11.2. The lowest BCUT2D eigenvalue weighted by Gasteiger charge is -2.23. The van der Waals surface area contributed by atoms with E-state index in [9.17, 15) is 9.90 Å². The number of aromatic amines is 1. The van der Waals surface area contributed by atoms with E-state index >= 15 is 0 Å². The highest BCUT2D eigenvalue weighted by atomic mass is 16.5. The molecule has 0 unspecified atom stereocenters. The number of aliphatic hydroxyl groups excluding tert-OH is 1. The average molecular weight is 319 g/mol. The molecule has 0 bridgehead atoms. The molecule has 1 heterocycles. The van der Waals surface area contributed by atoms with Gasteiger partial charge in [-0.3, -0.25) is 4.79 Å². The van der Waals surface area contributed by atoms with Gasteiger partial charge in [0.15, 0.2) is 0 Å². The minimum absolute atomic E-state index is 0.0592. The molecular weight excluding hydrogens is 294 g/mol. The molecule has 1 aromatic carbocycles. The number of rotatable bonds is 7. The van der Waals surface area contributed by atoms with Crippen LogP contribution in [0.15, 0.2) is 24.4 Å². The summed E-state index contributed by atoms with van der Waals surface area (Å²) in [7, 11) is 0. The van der Waals surface area contributed by atoms with Crippen LogP contribution in [-0.4, -0.2) is 40.8 Å². The van der Waals surface area contributed by atoms with Gasteiger partial charge in [-0.1, -0.05) is 6.07 Å². The van der Waals surface area contributed by atoms with Gasteiger partial charge in [0.2, 0.25) is 5.91 Å². The number of carbonyl (C=O) groups is 1. The van der Waals surface area contributed by atoms with Gasteiger partial charge >= 0.3 is 0 Å². The molecule has 0 aliphatic carbocycles. The van der Waals surface area contributed by atoms with Crippen LogP contribution in [0, 0.1) is 0 Å². The predicted octanol–water partition coefficient (Wildman–Crippen LogP) is 1.32. The van der Waals surface area contributed by atoms with Crippen LogP contribution in [0.5, 0.6) is 5.75 Å². The van der Waals surface area contributed by atoms with Gasteiger partial charge < -0.3 is 25.9 Å². The van der Waals surface area contributed by atoms with E-state index in [4.69, 9.17) is 10.5 Å². The summed E-state index contributed by atoms with van der Waals surface area (Å²) in [5.74, 6) is 0.241. The molecule has 6 heteroatoms. The van der Waals surface area contributed by atoms with Gasteiger partial charge in [0.25, 0.3) is 0 Å². The van der Waals surface area contributed by atoms with Gasteiger partial charge in [0, 0.05) is 29.2 Å². The summed E-state index contributed by atoms with van der Waals surface area (Å²) >= 11 is 0. The number of amides is 1. The van der Waals surface area contributed by atoms with Crippen molar-refractivity contribution in [3.05, 3.63) is 30.0 Å². The fraction of sp³-hybridized carbons (Fsp3) is 0.471. The van der Waals surface area contributed by atoms with Crippen molar-refractivity contribution in [3.63, 3.8) is 0 Å². The van der Waals surface area contributed by atoms with Crippen molar-refractivity contribution in [3.8, 4) is 5.75 Å². The summed E-state index contributed by atoms with van der Waals surface area (Å²) in [6.45, 7) is 6.73. The number of H-pyrrole nitrogens is 1. The number of fused-ring (bicyclic) bond motifs is 1. The fourth-order valence-electron chi connectivity index (χ4n) is 2.34. The Morgan fingerprint density at radius 2 is 2.17 bits per heavy atom. The molecule has 23 heavy (non-hydrogen) atoms. The van der Waals surface area contributed by atoms with Gasteiger partial charge in [0.1, 0.15) is 18.5 Å². The van der Waals surface area contributed by atoms with E-state index in [1.807, 2.05) is 39.0 Å². The summed E-state index contributed by atoms with van der Waals surface area (Å²) in [5, 5.41) is 14.1. The Morgan fingerprint density at radius 1 is 1.43 bits per heavy atom. The van der Waals surface area contributed by atoms with Crippen LogP contribution in [0.4, 0.5) is 0 Å². The van der Waals surface area contributed by atoms with Crippen molar-refractivity contribution in [1.82, 2.24) is 10.3 Å². The first-order valence-electron chi connectivity index (χ1n) is 7.69. The van der Waals surface area contributed by atoms with Gasteiger partial charge in [-0.2, -0.15) is 0 Å². The number of β-amino-alcohol motifs (C(OH)–C–C–N with tert-alkyl or cyclic N) is 1. The van der Waals surface area contributed by atoms with E-state index in [1.54, 1.807) is 6.20 Å². The van der Waals surface area contributed by atoms with Crippen molar-refractivity contribution in [2.45, 2.75) is 38.8 Å². The van der Waals surface area contributed by atoms with Gasteiger partial charge in [0.05, 0.1) is 6.42 Å². The molecule has 0 fully saturated rings. The molecule has 2 aromatic rings. The normalized spacial score (nSPS) is 13.2. The second-order valence-corrected chi connectivity index (χ2v) is 6.73. The quantitative estimate of drug-likeness (QED) is 0.618. The van der Waals surface area contributed by atoms with Gasteiger partial charge in [-0.05, 0) is 38.5 Å². The van der Waals surface area contributed by atoms with Crippen molar-refractivity contribution < 1.29 is 14.6 Å². The highest BCUT2D eigenvalue weighted by Gasteiger charge is 2.15. The summed E-state index contributed by atoms with van der Waals surface area (Å²) in [4.78, 5) is 14.3. The number of hydrogen-bond acceptors (Lipinski definition) is 4. The zero-order valence-corrected chi connectivity index (χ0v) is 13.8. The standard InChI is InChI=1S/C17H25N3O3/c1-17(2,3)20-9-12(21)10-23-14-6-4-5-13-16(14)11(8-19-13)7-15(18)22/h4-6,8,12,19-21H,7,9-10H2,1-3H3,(H2,18,22)/t12-/m0/s1. The van der Waals surface area contributed by atoms with Crippen LogP contribution in [0.3, 0.4) is 0 Å². The van der Waals surface area contributed by atoms with Crippen molar-refractivity contribution in [2.75, 3.05) is 13.2 Å². The zero-order valence-electron chi connectivity index (χ0n) is 13.8. The lowest BCUT2D eigenvalue weighted by Crippen LogP contribution is -2.42. The molecule has 126 valence electrons. The molecule has 0 radical (unpaired) electrons. The van der Waals surface area contributed by atoms with Gasteiger partial charge in [-0.25, -0.2) is 0 Å². The number of aliphatic hydroxyl groups is 1. The van der Waals surface area contributed by atoms with Crippen LogP contribution < -0.4 is 15.8 Å². The summed E-state index contributed by atoms with van der Waals surface area (Å²) < 4.78 is 5.76. The number of benzene rings is 1. The largest absolute Gasteiger partial charge is 0.490 e. The number of primary amides is 1. The smallest absolute Gasteiger partial charge is 0.221 e. The number of aromatic nitrogens is 1. The van der Waals surface area contributed by atoms with E-state index < -0.39 is 12.0 Å². The van der Waals surface area contributed by atoms with Crippen LogP contribution in [-0.2, 0) is 11.2 Å². The molecule has 6 nitrogen and oxygen atoms in total. The maximum Gasteiger partial charge on any atom is 0.221 e. The Bertz CT molecular complexity index is 673. The molecule has 0 saturated heterocycles. The molecule has 5 N–H and O–H groups in total. The van der Waals surface area contributed by atoms with E-state index in [1.165, 1.54) is 0 Å². The first-order valence-corrected chi connectivity index (χ1v) is 7.69. The Kier molecular flexibility index (Phi) is 5.28. The second kappa shape index (κ2) is 7.02. The third-order valence-corrected chi connectivity index (χ3v) is 3.41. The fourth-order valence-corrected chi connectivity index (χ4v) is 2.34. The third kappa shape index (κ3) is 4.97. The molecule has 1 atom stereocenters. The predicted molar refractivity (Wildman–Crippen MR) is 90.5 cm³/mol. The minimum Gasteiger partial charge on any atom is -0.490 e. The Balaban J connectivity index is 2.07. The number of nitrogens with one attached hydrogen (secondary N) is 2. The van der Waals surface area contributed by atoms with Crippen LogP contribution in [0.1, 0.15) is 26.3 Å². The lowest BCUT2D eigenvalue weighted by atomic mass is 10.1. The van der Waals surface area contributed by atoms with E-state index in [2.05, 4.69) is 10.3 Å². The number of nitrogens with two attached hydrogens (primary N) is 1. The first kappa shape index (κ1) is 17.3.